The van der Waals surface area contributed by atoms with Crippen molar-refractivity contribution in [2.24, 2.45) is 0 Å². The summed E-state index contributed by atoms with van der Waals surface area (Å²) in [6.07, 6.45) is -3.62. The van der Waals surface area contributed by atoms with Gasteiger partial charge in [0.05, 0.1) is 18.8 Å². The summed E-state index contributed by atoms with van der Waals surface area (Å²) in [7, 11) is 0. The molecule has 0 saturated carbocycles. The van der Waals surface area contributed by atoms with Crippen molar-refractivity contribution in [2.75, 3.05) is 6.61 Å². The average Bonchev–Trinajstić information content (AvgIpc) is 2.55. The lowest BCUT2D eigenvalue weighted by atomic mass is 9.99. The van der Waals surface area contributed by atoms with Gasteiger partial charge in [-0.2, -0.15) is 0 Å². The topological polar surface area (TPSA) is 123 Å². The van der Waals surface area contributed by atoms with Crippen LogP contribution in [-0.2, 0) is 9.53 Å². The lowest BCUT2D eigenvalue weighted by Gasteiger charge is -2.21. The Kier molecular flexibility index (Phi) is 5.21. The highest BCUT2D eigenvalue weighted by molar-refractivity contribution is 5.79. The molecule has 5 N–H and O–H groups in total. The van der Waals surface area contributed by atoms with Crippen molar-refractivity contribution >= 4 is 11.6 Å². The maximum Gasteiger partial charge on any atom is 0.217 e. The molecule has 1 heterocycles. The molecule has 0 aromatic rings. The quantitative estimate of drug-likeness (QED) is 0.381. The van der Waals surface area contributed by atoms with E-state index in [0.29, 0.717) is 5.71 Å². The van der Waals surface area contributed by atoms with Gasteiger partial charge in [0, 0.05) is 19.1 Å². The highest BCUT2D eigenvalue weighted by atomic mass is 16.5. The molecule has 0 unspecified atom stereocenters. The fraction of sp³-hybridized carbons (Fsp3) is 0.818. The summed E-state index contributed by atoms with van der Waals surface area (Å²) in [4.78, 5) is 11.1. The smallest absolute Gasteiger partial charge is 0.217 e. The summed E-state index contributed by atoms with van der Waals surface area (Å²) < 4.78 is 5.44. The number of hydrogen-bond donors (Lipinski definition) is 5. The fourth-order valence-electron chi connectivity index (χ4n) is 2.10. The third kappa shape index (κ3) is 3.49. The van der Waals surface area contributed by atoms with E-state index in [1.165, 1.54) is 6.92 Å². The lowest BCUT2D eigenvalue weighted by Crippen LogP contribution is -2.49. The molecule has 0 aromatic heterocycles. The third-order valence-corrected chi connectivity index (χ3v) is 2.88. The second-order valence-electron chi connectivity index (χ2n) is 4.59. The molecule has 0 bridgehead atoms. The van der Waals surface area contributed by atoms with E-state index >= 15 is 0 Å². The molecule has 7 nitrogen and oxygen atoms in total. The van der Waals surface area contributed by atoms with E-state index in [4.69, 9.17) is 15.3 Å². The van der Waals surface area contributed by atoms with Gasteiger partial charge in [0.15, 0.2) is 0 Å². The number of amides is 1. The minimum atomic E-state index is -1.22. The predicted molar refractivity (Wildman–Crippen MR) is 63.4 cm³/mol. The van der Waals surface area contributed by atoms with Crippen LogP contribution in [0.1, 0.15) is 20.3 Å². The molecule has 0 aliphatic carbocycles. The van der Waals surface area contributed by atoms with Gasteiger partial charge in [-0.05, 0) is 6.92 Å². The van der Waals surface area contributed by atoms with Gasteiger partial charge in [0.1, 0.15) is 18.3 Å². The number of aliphatic hydroxyl groups is 3. The molecule has 104 valence electrons. The summed E-state index contributed by atoms with van der Waals surface area (Å²) in [6.45, 7) is 2.37. The van der Waals surface area contributed by atoms with Crippen LogP contribution < -0.4 is 5.32 Å². The first kappa shape index (κ1) is 15.0. The Labute approximate surface area is 105 Å². The molecule has 18 heavy (non-hydrogen) atoms. The molecule has 0 spiro atoms. The van der Waals surface area contributed by atoms with Gasteiger partial charge >= 0.3 is 0 Å². The molecule has 1 aliphatic rings. The second-order valence-corrected chi connectivity index (χ2v) is 4.59. The van der Waals surface area contributed by atoms with Crippen LogP contribution >= 0.6 is 0 Å². The number of carbonyl (C=O) groups excluding carboxylic acids is 1. The van der Waals surface area contributed by atoms with Crippen LogP contribution in [0.4, 0.5) is 0 Å². The van der Waals surface area contributed by atoms with Crippen LogP contribution in [-0.4, -0.2) is 64.0 Å². The largest absolute Gasteiger partial charge is 0.394 e. The Balaban J connectivity index is 2.80. The van der Waals surface area contributed by atoms with E-state index in [1.807, 2.05) is 0 Å². The predicted octanol–water partition coefficient (Wildman–Crippen LogP) is -1.60. The Hall–Kier alpha value is -1.02. The molecule has 1 fully saturated rings. The summed E-state index contributed by atoms with van der Waals surface area (Å²) >= 11 is 0. The van der Waals surface area contributed by atoms with Crippen LogP contribution in [0.15, 0.2) is 0 Å². The monoisotopic (exact) mass is 260 g/mol. The first-order valence-electron chi connectivity index (χ1n) is 5.80. The molecular formula is C11H20N2O5. The Morgan fingerprint density at radius 1 is 1.50 bits per heavy atom. The van der Waals surface area contributed by atoms with Gasteiger partial charge in [0.25, 0.3) is 0 Å². The molecule has 1 aliphatic heterocycles. The van der Waals surface area contributed by atoms with Gasteiger partial charge in [-0.25, -0.2) is 0 Å². The molecule has 1 saturated heterocycles. The summed E-state index contributed by atoms with van der Waals surface area (Å²) in [5, 5.41) is 38.4. The lowest BCUT2D eigenvalue weighted by molar-refractivity contribution is -0.120. The van der Waals surface area contributed by atoms with Crippen LogP contribution in [0.2, 0.25) is 0 Å². The fourth-order valence-corrected chi connectivity index (χ4v) is 2.10. The van der Waals surface area contributed by atoms with E-state index in [2.05, 4.69) is 5.32 Å². The summed E-state index contributed by atoms with van der Waals surface area (Å²) in [6, 6.07) is -0.686. The van der Waals surface area contributed by atoms with Crippen molar-refractivity contribution < 1.29 is 24.9 Å². The minimum Gasteiger partial charge on any atom is -0.394 e. The molecular weight excluding hydrogens is 240 g/mol. The average molecular weight is 260 g/mol. The van der Waals surface area contributed by atoms with Crippen LogP contribution in [0, 0.1) is 5.41 Å². The number of hydrogen-bond acceptors (Lipinski definition) is 6. The van der Waals surface area contributed by atoms with E-state index < -0.39 is 37.1 Å². The molecule has 0 aromatic carbocycles. The maximum atomic E-state index is 11.1. The van der Waals surface area contributed by atoms with Gasteiger partial charge in [0.2, 0.25) is 5.91 Å². The zero-order valence-electron chi connectivity index (χ0n) is 10.5. The third-order valence-electron chi connectivity index (χ3n) is 2.88. The van der Waals surface area contributed by atoms with Gasteiger partial charge in [-0.3, -0.25) is 4.79 Å². The second kappa shape index (κ2) is 6.24. The zero-order chi connectivity index (χ0) is 13.9. The van der Waals surface area contributed by atoms with Crippen molar-refractivity contribution in [3.05, 3.63) is 0 Å². The SMILES string of the molecule is CC(=N)C[C@H]1O[C@H]([C@H](O)CO)[C@H](O)[C@@H]1NC(C)=O. The van der Waals surface area contributed by atoms with Crippen LogP contribution in [0.5, 0.6) is 0 Å². The Bertz CT molecular complexity index is 323. The van der Waals surface area contributed by atoms with Crippen molar-refractivity contribution in [3.8, 4) is 0 Å². The summed E-state index contributed by atoms with van der Waals surface area (Å²) in [5.74, 6) is -0.325. The van der Waals surface area contributed by atoms with E-state index in [-0.39, 0.29) is 12.3 Å². The van der Waals surface area contributed by atoms with Crippen LogP contribution in [0.25, 0.3) is 0 Å². The molecule has 1 amide bonds. The van der Waals surface area contributed by atoms with Gasteiger partial charge in [-0.15, -0.1) is 0 Å². The van der Waals surface area contributed by atoms with Gasteiger partial charge in [-0.1, -0.05) is 0 Å². The highest BCUT2D eigenvalue weighted by Crippen LogP contribution is 2.26. The number of rotatable bonds is 5. The van der Waals surface area contributed by atoms with E-state index in [9.17, 15) is 15.0 Å². The van der Waals surface area contributed by atoms with Crippen molar-refractivity contribution in [2.45, 2.75) is 50.7 Å². The zero-order valence-corrected chi connectivity index (χ0v) is 10.5. The number of ether oxygens (including phenoxy) is 1. The normalized spacial score (nSPS) is 33.2. The number of carbonyl (C=O) groups is 1. The van der Waals surface area contributed by atoms with Crippen molar-refractivity contribution in [1.29, 1.82) is 5.41 Å². The molecule has 0 radical (unpaired) electrons. The number of aliphatic hydroxyl groups excluding tert-OH is 3. The minimum absolute atomic E-state index is 0.247. The van der Waals surface area contributed by atoms with Crippen molar-refractivity contribution in [1.82, 2.24) is 5.32 Å². The van der Waals surface area contributed by atoms with E-state index in [1.54, 1.807) is 6.92 Å². The van der Waals surface area contributed by atoms with E-state index in [0.717, 1.165) is 0 Å². The standard InChI is InChI=1S/C11H20N2O5/c1-5(12)3-8-9(13-6(2)15)10(17)11(18-8)7(16)4-14/h7-12,14,16-17H,3-4H2,1-2H3,(H,13,15)/t7-,8-,9-,10-,11-/m1/s1. The maximum absolute atomic E-state index is 11.1. The first-order valence-corrected chi connectivity index (χ1v) is 5.80. The highest BCUT2D eigenvalue weighted by Gasteiger charge is 2.46. The van der Waals surface area contributed by atoms with Gasteiger partial charge < -0.3 is 30.8 Å². The van der Waals surface area contributed by atoms with Crippen LogP contribution in [0.3, 0.4) is 0 Å². The number of nitrogens with one attached hydrogen (secondary N) is 2. The Morgan fingerprint density at radius 2 is 2.11 bits per heavy atom. The van der Waals surface area contributed by atoms with Crippen molar-refractivity contribution in [3.63, 3.8) is 0 Å². The molecule has 5 atom stereocenters. The Morgan fingerprint density at radius 3 is 2.56 bits per heavy atom. The first-order chi connectivity index (χ1) is 8.36. The molecule has 7 heteroatoms. The summed E-state index contributed by atoms with van der Waals surface area (Å²) in [5.41, 5.74) is 0.349. The molecule has 1 rings (SSSR count).